The highest BCUT2D eigenvalue weighted by molar-refractivity contribution is 7.80. The highest BCUT2D eigenvalue weighted by atomic mass is 32.1. The molecule has 0 bridgehead atoms. The summed E-state index contributed by atoms with van der Waals surface area (Å²) >= 11 is 5.42. The lowest BCUT2D eigenvalue weighted by atomic mass is 10.1. The van der Waals surface area contributed by atoms with Crippen molar-refractivity contribution in [3.63, 3.8) is 0 Å². The number of benzene rings is 2. The average molecular weight is 420 g/mol. The zero-order valence-electron chi connectivity index (χ0n) is 17.2. The Kier molecular flexibility index (Phi) is 5.86. The second-order valence-corrected chi connectivity index (χ2v) is 7.60. The molecule has 0 atom stereocenters. The van der Waals surface area contributed by atoms with Crippen LogP contribution in [0.25, 0.3) is 17.0 Å². The molecule has 0 N–H and O–H groups in total. The maximum Gasteiger partial charge on any atom is 0.276 e. The largest absolute Gasteiger partial charge is 0.494 e. The van der Waals surface area contributed by atoms with Crippen LogP contribution in [0.2, 0.25) is 0 Å². The highest BCUT2D eigenvalue weighted by Gasteiger charge is 2.34. The molecule has 1 amide bonds. The van der Waals surface area contributed by atoms with Crippen LogP contribution < -0.4 is 4.74 Å². The summed E-state index contributed by atoms with van der Waals surface area (Å²) in [6.45, 7) is 3.99. The smallest absolute Gasteiger partial charge is 0.276 e. The van der Waals surface area contributed by atoms with Crippen LogP contribution in [-0.4, -0.2) is 45.6 Å². The number of carbonyl (C=O) groups is 1. The Bertz CT molecular complexity index is 1100. The van der Waals surface area contributed by atoms with Gasteiger partial charge in [-0.15, -0.1) is 0 Å². The number of amides is 1. The molecule has 2 aromatic carbocycles. The van der Waals surface area contributed by atoms with Crippen molar-refractivity contribution in [2.75, 3.05) is 20.2 Å². The van der Waals surface area contributed by atoms with E-state index >= 15 is 0 Å². The number of hydrogen-bond acceptors (Lipinski definition) is 3. The van der Waals surface area contributed by atoms with Gasteiger partial charge in [0.25, 0.3) is 5.91 Å². The van der Waals surface area contributed by atoms with Gasteiger partial charge >= 0.3 is 0 Å². The first-order valence-electron chi connectivity index (χ1n) is 10.2. The molecule has 4 rings (SSSR count). The van der Waals surface area contributed by atoms with Crippen molar-refractivity contribution in [3.05, 3.63) is 72.1 Å². The van der Waals surface area contributed by atoms with Crippen LogP contribution in [0, 0.1) is 0 Å². The molecule has 0 radical (unpaired) electrons. The van der Waals surface area contributed by atoms with Gasteiger partial charge in [-0.2, -0.15) is 0 Å². The summed E-state index contributed by atoms with van der Waals surface area (Å²) in [4.78, 5) is 16.2. The van der Waals surface area contributed by atoms with Crippen molar-refractivity contribution in [3.8, 4) is 5.75 Å². The lowest BCUT2D eigenvalue weighted by Gasteiger charge is -2.13. The summed E-state index contributed by atoms with van der Waals surface area (Å²) in [6.07, 6.45) is 4.94. The minimum atomic E-state index is -0.0434. The Hall–Kier alpha value is -3.12. The van der Waals surface area contributed by atoms with Gasteiger partial charge < -0.3 is 14.2 Å². The number of aryl methyl sites for hydroxylation is 1. The zero-order valence-corrected chi connectivity index (χ0v) is 18.1. The number of rotatable bonds is 7. The summed E-state index contributed by atoms with van der Waals surface area (Å²) in [5.41, 5.74) is 2.77. The van der Waals surface area contributed by atoms with Crippen LogP contribution in [0.1, 0.15) is 18.9 Å². The predicted molar refractivity (Wildman–Crippen MR) is 124 cm³/mol. The Morgan fingerprint density at radius 1 is 1.07 bits per heavy atom. The summed E-state index contributed by atoms with van der Waals surface area (Å²) in [5.74, 6) is 0.845. The molecule has 1 aliphatic heterocycles. The van der Waals surface area contributed by atoms with Crippen LogP contribution in [0.3, 0.4) is 0 Å². The molecule has 2 heterocycles. The highest BCUT2D eigenvalue weighted by Crippen LogP contribution is 2.27. The first-order valence-corrected chi connectivity index (χ1v) is 10.6. The Morgan fingerprint density at radius 3 is 2.53 bits per heavy atom. The Morgan fingerprint density at radius 2 is 1.80 bits per heavy atom. The van der Waals surface area contributed by atoms with E-state index in [2.05, 4.69) is 22.9 Å². The third-order valence-electron chi connectivity index (χ3n) is 5.33. The fraction of sp³-hybridized carbons (Fsp3) is 0.250. The zero-order chi connectivity index (χ0) is 21.1. The van der Waals surface area contributed by atoms with Crippen molar-refractivity contribution in [1.29, 1.82) is 0 Å². The first kappa shape index (κ1) is 20.2. The van der Waals surface area contributed by atoms with E-state index < -0.39 is 0 Å². The quantitative estimate of drug-likeness (QED) is 0.320. The van der Waals surface area contributed by atoms with Crippen LogP contribution in [0.5, 0.6) is 5.75 Å². The van der Waals surface area contributed by atoms with Gasteiger partial charge in [-0.1, -0.05) is 36.4 Å². The maximum absolute atomic E-state index is 12.8. The van der Waals surface area contributed by atoms with Crippen LogP contribution in [-0.2, 0) is 11.3 Å². The molecule has 1 fully saturated rings. The van der Waals surface area contributed by atoms with Gasteiger partial charge in [0.15, 0.2) is 5.11 Å². The van der Waals surface area contributed by atoms with E-state index in [9.17, 15) is 4.79 Å². The second kappa shape index (κ2) is 8.71. The Labute approximate surface area is 182 Å². The van der Waals surface area contributed by atoms with Crippen LogP contribution >= 0.6 is 12.2 Å². The maximum atomic E-state index is 12.8. The standard InChI is InChI=1S/C24H25N3O2S/c1-3-27-23(28)22(25(2)24(27)30)16-18-17-26(21-13-8-7-12-20(18)21)14-9-15-29-19-10-5-4-6-11-19/h4-8,10-13,16-17H,3,9,14-15H2,1-2H3/b22-16-. The molecule has 0 aliphatic carbocycles. The number of likely N-dealkylation sites (N-methyl/N-ethyl adjacent to an activating group) is 2. The number of nitrogens with zero attached hydrogens (tertiary/aromatic N) is 3. The number of carbonyl (C=O) groups excluding carboxylic acids is 1. The topological polar surface area (TPSA) is 37.7 Å². The van der Waals surface area contributed by atoms with E-state index in [1.165, 1.54) is 0 Å². The molecule has 6 heteroatoms. The van der Waals surface area contributed by atoms with Gasteiger partial charge in [0.05, 0.1) is 6.61 Å². The molecule has 1 aromatic heterocycles. The van der Waals surface area contributed by atoms with Crippen molar-refractivity contribution < 1.29 is 9.53 Å². The molecule has 3 aromatic rings. The normalized spacial score (nSPS) is 15.6. The SMILES string of the molecule is CCN1C(=O)/C(=C/c2cn(CCCOc3ccccc3)c3ccccc23)N(C)C1=S. The summed E-state index contributed by atoms with van der Waals surface area (Å²) in [6, 6.07) is 18.1. The van der Waals surface area contributed by atoms with E-state index in [1.54, 1.807) is 9.80 Å². The van der Waals surface area contributed by atoms with E-state index in [4.69, 9.17) is 17.0 Å². The van der Waals surface area contributed by atoms with Gasteiger partial charge in [0.2, 0.25) is 0 Å². The van der Waals surface area contributed by atoms with E-state index in [1.807, 2.05) is 62.5 Å². The molecule has 0 saturated carbocycles. The molecule has 0 spiro atoms. The number of aromatic nitrogens is 1. The van der Waals surface area contributed by atoms with Crippen LogP contribution in [0.4, 0.5) is 0 Å². The molecule has 0 unspecified atom stereocenters. The van der Waals surface area contributed by atoms with Gasteiger partial charge in [-0.25, -0.2) is 0 Å². The second-order valence-electron chi connectivity index (χ2n) is 7.23. The number of para-hydroxylation sites is 2. The summed E-state index contributed by atoms with van der Waals surface area (Å²) < 4.78 is 8.05. The van der Waals surface area contributed by atoms with Crippen molar-refractivity contribution in [2.24, 2.45) is 0 Å². The van der Waals surface area contributed by atoms with E-state index in [0.29, 0.717) is 24.0 Å². The molecule has 1 aliphatic rings. The minimum absolute atomic E-state index is 0.0434. The molecule has 154 valence electrons. The van der Waals surface area contributed by atoms with Gasteiger partial charge in [0.1, 0.15) is 11.4 Å². The monoisotopic (exact) mass is 419 g/mol. The third-order valence-corrected chi connectivity index (χ3v) is 5.82. The molecule has 1 saturated heterocycles. The van der Waals surface area contributed by atoms with Crippen molar-refractivity contribution >= 4 is 40.2 Å². The van der Waals surface area contributed by atoms with Gasteiger partial charge in [-0.3, -0.25) is 9.69 Å². The van der Waals surface area contributed by atoms with Crippen molar-refractivity contribution in [2.45, 2.75) is 19.9 Å². The lowest BCUT2D eigenvalue weighted by Crippen LogP contribution is -2.30. The number of hydrogen-bond donors (Lipinski definition) is 0. The fourth-order valence-electron chi connectivity index (χ4n) is 3.75. The predicted octanol–water partition coefficient (Wildman–Crippen LogP) is 4.53. The fourth-order valence-corrected chi connectivity index (χ4v) is 4.06. The van der Waals surface area contributed by atoms with E-state index in [0.717, 1.165) is 35.2 Å². The number of thiocarbonyl (C=S) groups is 1. The summed E-state index contributed by atoms with van der Waals surface area (Å²) in [7, 11) is 1.85. The van der Waals surface area contributed by atoms with Gasteiger partial charge in [-0.05, 0) is 49.8 Å². The minimum Gasteiger partial charge on any atom is -0.494 e. The Balaban J connectivity index is 1.55. The molecular weight excluding hydrogens is 394 g/mol. The number of ether oxygens (including phenoxy) is 1. The molecular formula is C24H25N3O2S. The molecule has 5 nitrogen and oxygen atoms in total. The van der Waals surface area contributed by atoms with Gasteiger partial charge in [0, 0.05) is 42.8 Å². The average Bonchev–Trinajstić information content (AvgIpc) is 3.22. The van der Waals surface area contributed by atoms with Crippen LogP contribution in [0.15, 0.2) is 66.5 Å². The summed E-state index contributed by atoms with van der Waals surface area (Å²) in [5, 5.41) is 1.67. The lowest BCUT2D eigenvalue weighted by molar-refractivity contribution is -0.122. The van der Waals surface area contributed by atoms with Crippen molar-refractivity contribution in [1.82, 2.24) is 14.4 Å². The third kappa shape index (κ3) is 3.83. The molecule has 30 heavy (non-hydrogen) atoms. The number of fused-ring (bicyclic) bond motifs is 1. The van der Waals surface area contributed by atoms with E-state index in [-0.39, 0.29) is 5.91 Å². The first-order chi connectivity index (χ1) is 14.6.